The molecule has 1 unspecified atom stereocenters. The van der Waals surface area contributed by atoms with Crippen molar-refractivity contribution in [3.63, 3.8) is 0 Å². The second-order valence-electron chi connectivity index (χ2n) is 4.59. The highest BCUT2D eigenvalue weighted by molar-refractivity contribution is 7.09. The highest BCUT2D eigenvalue weighted by atomic mass is 32.1. The molecule has 0 aliphatic carbocycles. The monoisotopic (exact) mass is 261 g/mol. The van der Waals surface area contributed by atoms with Crippen molar-refractivity contribution in [3.8, 4) is 0 Å². The predicted octanol–water partition coefficient (Wildman–Crippen LogP) is 2.93. The van der Waals surface area contributed by atoms with E-state index in [0.717, 1.165) is 24.3 Å². The van der Waals surface area contributed by atoms with Crippen molar-refractivity contribution >= 4 is 17.0 Å². The van der Waals surface area contributed by atoms with E-state index >= 15 is 0 Å². The molecule has 1 heterocycles. The number of nitrogens with one attached hydrogen (secondary N) is 1. The van der Waals surface area contributed by atoms with Crippen molar-refractivity contribution in [1.82, 2.24) is 10.3 Å². The summed E-state index contributed by atoms with van der Waals surface area (Å²) in [5.41, 5.74) is 9.07. The van der Waals surface area contributed by atoms with Crippen LogP contribution in [0.3, 0.4) is 0 Å². The van der Waals surface area contributed by atoms with Gasteiger partial charge in [0.25, 0.3) is 0 Å². The zero-order chi connectivity index (χ0) is 13.0. The van der Waals surface area contributed by atoms with Crippen LogP contribution in [0.4, 0.5) is 5.69 Å². The molecule has 2 aromatic rings. The normalized spacial score (nSPS) is 12.6. The van der Waals surface area contributed by atoms with Gasteiger partial charge in [0.15, 0.2) is 0 Å². The quantitative estimate of drug-likeness (QED) is 0.814. The number of benzene rings is 1. The van der Waals surface area contributed by atoms with E-state index in [-0.39, 0.29) is 0 Å². The van der Waals surface area contributed by atoms with Gasteiger partial charge in [-0.1, -0.05) is 19.1 Å². The molecule has 3 N–H and O–H groups in total. The Morgan fingerprint density at radius 1 is 1.44 bits per heavy atom. The van der Waals surface area contributed by atoms with E-state index in [4.69, 9.17) is 5.73 Å². The molecule has 1 aromatic carbocycles. The van der Waals surface area contributed by atoms with E-state index in [2.05, 4.69) is 29.4 Å². The van der Waals surface area contributed by atoms with E-state index in [0.29, 0.717) is 5.92 Å². The summed E-state index contributed by atoms with van der Waals surface area (Å²) in [7, 11) is 0. The maximum Gasteiger partial charge on any atom is 0.0965 e. The second-order valence-corrected chi connectivity index (χ2v) is 5.52. The number of rotatable bonds is 5. The molecule has 0 bridgehead atoms. The summed E-state index contributed by atoms with van der Waals surface area (Å²) in [5.74, 6) is 0.458. The lowest BCUT2D eigenvalue weighted by atomic mass is 10.1. The number of nitrogen functional groups attached to an aromatic ring is 1. The van der Waals surface area contributed by atoms with Gasteiger partial charge in [-0.05, 0) is 24.1 Å². The number of anilines is 1. The molecule has 1 aromatic heterocycles. The summed E-state index contributed by atoms with van der Waals surface area (Å²) >= 11 is 1.71. The lowest BCUT2D eigenvalue weighted by molar-refractivity contribution is 0.613. The number of thiazole rings is 1. The van der Waals surface area contributed by atoms with E-state index in [1.165, 1.54) is 10.6 Å². The van der Waals surface area contributed by atoms with Crippen molar-refractivity contribution in [2.45, 2.75) is 26.3 Å². The Morgan fingerprint density at radius 2 is 2.28 bits per heavy atom. The molecule has 0 saturated carbocycles. The van der Waals surface area contributed by atoms with Gasteiger partial charge in [-0.25, -0.2) is 4.98 Å². The Hall–Kier alpha value is -1.39. The van der Waals surface area contributed by atoms with Crippen molar-refractivity contribution in [2.75, 3.05) is 12.3 Å². The topological polar surface area (TPSA) is 50.9 Å². The van der Waals surface area contributed by atoms with Gasteiger partial charge in [-0.3, -0.25) is 0 Å². The average molecular weight is 261 g/mol. The molecule has 0 radical (unpaired) electrons. The molecule has 0 saturated heterocycles. The minimum Gasteiger partial charge on any atom is -0.399 e. The van der Waals surface area contributed by atoms with Gasteiger partial charge >= 0.3 is 0 Å². The smallest absolute Gasteiger partial charge is 0.0965 e. The van der Waals surface area contributed by atoms with E-state index in [1.807, 2.05) is 24.6 Å². The Morgan fingerprint density at radius 3 is 2.94 bits per heavy atom. The first kappa shape index (κ1) is 13.1. The first-order valence-corrected chi connectivity index (χ1v) is 7.00. The molecule has 0 aliphatic rings. The van der Waals surface area contributed by atoms with Crippen LogP contribution in [0.2, 0.25) is 0 Å². The minimum atomic E-state index is 0.458. The number of hydrogen-bond donors (Lipinski definition) is 2. The molecule has 0 aliphatic heterocycles. The van der Waals surface area contributed by atoms with Crippen LogP contribution in [-0.2, 0) is 6.54 Å². The Bertz CT molecular complexity index is 494. The van der Waals surface area contributed by atoms with Gasteiger partial charge in [-0.2, -0.15) is 0 Å². The molecule has 0 amide bonds. The number of hydrogen-bond acceptors (Lipinski definition) is 4. The minimum absolute atomic E-state index is 0.458. The standard InChI is InChI=1S/C14H19N3S/c1-10-7-12(3-4-13(10)15)9-16-8-11(2)14-17-5-6-18-14/h3-7,11,16H,8-9,15H2,1-2H3. The van der Waals surface area contributed by atoms with Crippen LogP contribution in [0.15, 0.2) is 29.8 Å². The fourth-order valence-corrected chi connectivity index (χ4v) is 2.54. The van der Waals surface area contributed by atoms with Crippen molar-refractivity contribution in [2.24, 2.45) is 0 Å². The highest BCUT2D eigenvalue weighted by Gasteiger charge is 2.07. The third-order valence-electron chi connectivity index (χ3n) is 2.99. The van der Waals surface area contributed by atoms with Crippen LogP contribution < -0.4 is 11.1 Å². The maximum atomic E-state index is 5.80. The Kier molecular flexibility index (Phi) is 4.33. The van der Waals surface area contributed by atoms with Crippen LogP contribution in [0.25, 0.3) is 0 Å². The van der Waals surface area contributed by atoms with Gasteiger partial charge in [0.2, 0.25) is 0 Å². The SMILES string of the molecule is Cc1cc(CNCC(C)c2nccs2)ccc1N. The maximum absolute atomic E-state index is 5.80. The summed E-state index contributed by atoms with van der Waals surface area (Å²) in [6, 6.07) is 6.18. The summed E-state index contributed by atoms with van der Waals surface area (Å²) in [4.78, 5) is 4.33. The predicted molar refractivity (Wildman–Crippen MR) is 77.8 cm³/mol. The number of nitrogens with two attached hydrogens (primary N) is 1. The molecule has 2 rings (SSSR count). The highest BCUT2D eigenvalue weighted by Crippen LogP contribution is 2.17. The van der Waals surface area contributed by atoms with Gasteiger partial charge in [0.05, 0.1) is 5.01 Å². The molecule has 1 atom stereocenters. The summed E-state index contributed by atoms with van der Waals surface area (Å²) in [6.45, 7) is 6.05. The number of aryl methyl sites for hydroxylation is 1. The fraction of sp³-hybridized carbons (Fsp3) is 0.357. The van der Waals surface area contributed by atoms with Crippen LogP contribution in [-0.4, -0.2) is 11.5 Å². The van der Waals surface area contributed by atoms with Crippen LogP contribution >= 0.6 is 11.3 Å². The van der Waals surface area contributed by atoms with Gasteiger partial charge in [0.1, 0.15) is 0 Å². The van der Waals surface area contributed by atoms with Crippen LogP contribution in [0.5, 0.6) is 0 Å². The lowest BCUT2D eigenvalue weighted by Gasteiger charge is -2.11. The molecule has 96 valence electrons. The number of aromatic nitrogens is 1. The van der Waals surface area contributed by atoms with E-state index < -0.39 is 0 Å². The van der Waals surface area contributed by atoms with Crippen molar-refractivity contribution in [1.29, 1.82) is 0 Å². The molecule has 3 nitrogen and oxygen atoms in total. The largest absolute Gasteiger partial charge is 0.399 e. The first-order valence-electron chi connectivity index (χ1n) is 6.12. The molecule has 4 heteroatoms. The molecule has 18 heavy (non-hydrogen) atoms. The Labute approximate surface area is 112 Å². The van der Waals surface area contributed by atoms with Gasteiger partial charge in [0, 0.05) is 36.3 Å². The summed E-state index contributed by atoms with van der Waals surface area (Å²) in [6.07, 6.45) is 1.86. The van der Waals surface area contributed by atoms with Crippen molar-refractivity contribution < 1.29 is 0 Å². The number of nitrogens with zero attached hydrogens (tertiary/aromatic N) is 1. The summed E-state index contributed by atoms with van der Waals surface area (Å²) in [5, 5.41) is 6.68. The summed E-state index contributed by atoms with van der Waals surface area (Å²) < 4.78 is 0. The third kappa shape index (κ3) is 3.31. The van der Waals surface area contributed by atoms with Gasteiger partial charge in [-0.15, -0.1) is 11.3 Å². The lowest BCUT2D eigenvalue weighted by Crippen LogP contribution is -2.19. The Balaban J connectivity index is 1.83. The second kappa shape index (κ2) is 5.98. The first-order chi connectivity index (χ1) is 8.66. The molecule has 0 fully saturated rings. The van der Waals surface area contributed by atoms with Crippen molar-refractivity contribution in [3.05, 3.63) is 45.9 Å². The van der Waals surface area contributed by atoms with Crippen LogP contribution in [0.1, 0.15) is 29.0 Å². The molecular formula is C14H19N3S. The zero-order valence-corrected chi connectivity index (χ0v) is 11.6. The van der Waals surface area contributed by atoms with E-state index in [1.54, 1.807) is 11.3 Å². The third-order valence-corrected chi connectivity index (χ3v) is 3.99. The van der Waals surface area contributed by atoms with Crippen LogP contribution in [0, 0.1) is 6.92 Å². The van der Waals surface area contributed by atoms with E-state index in [9.17, 15) is 0 Å². The molecule has 0 spiro atoms. The fourth-order valence-electron chi connectivity index (χ4n) is 1.85. The zero-order valence-electron chi connectivity index (χ0n) is 10.8. The average Bonchev–Trinajstić information content (AvgIpc) is 2.87. The molecular weight excluding hydrogens is 242 g/mol. The van der Waals surface area contributed by atoms with Gasteiger partial charge < -0.3 is 11.1 Å².